The summed E-state index contributed by atoms with van der Waals surface area (Å²) < 4.78 is 7.26. The summed E-state index contributed by atoms with van der Waals surface area (Å²) in [4.78, 5) is 31.3. The van der Waals surface area contributed by atoms with Crippen molar-refractivity contribution in [2.45, 2.75) is 31.9 Å². The minimum atomic E-state index is -0.150. The van der Waals surface area contributed by atoms with Crippen LogP contribution in [0.1, 0.15) is 41.7 Å². The lowest BCUT2D eigenvalue weighted by molar-refractivity contribution is -0.132. The zero-order chi connectivity index (χ0) is 29.2. The zero-order valence-electron chi connectivity index (χ0n) is 24.3. The van der Waals surface area contributed by atoms with Crippen molar-refractivity contribution >= 4 is 29.4 Å². The van der Waals surface area contributed by atoms with E-state index in [-0.39, 0.29) is 29.4 Å². The molecule has 1 saturated heterocycles. The number of aromatic nitrogens is 2. The molecule has 7 nitrogen and oxygen atoms in total. The van der Waals surface area contributed by atoms with Gasteiger partial charge in [0.2, 0.25) is 11.8 Å². The summed E-state index contributed by atoms with van der Waals surface area (Å²) in [6.45, 7) is 5.77. The standard InChI is InChI=1S/C34H36N4O3S/c1-23-17-19-36(20-18-23)29(39)21-37-30(40)22-42-33(28-12-8-7-9-24(28)2)31-32(25-10-5-4-6-11-25)35-38(34(31)37)26-13-15-27(41-3)16-14-26/h4-16,23,33H,17-22H2,1-3H3/t33-/m0/s1. The fourth-order valence-corrected chi connectivity index (χ4v) is 7.14. The van der Waals surface area contributed by atoms with Gasteiger partial charge in [0, 0.05) is 24.2 Å². The number of carbonyl (C=O) groups excluding carboxylic acids is 2. The van der Waals surface area contributed by atoms with Crippen LogP contribution in [0.2, 0.25) is 0 Å². The fraction of sp³-hybridized carbons (Fsp3) is 0.324. The highest BCUT2D eigenvalue weighted by atomic mass is 32.2. The number of piperidine rings is 1. The first kappa shape index (κ1) is 28.1. The molecule has 3 aromatic carbocycles. The Morgan fingerprint density at radius 1 is 0.976 bits per heavy atom. The number of aryl methyl sites for hydroxylation is 1. The smallest absolute Gasteiger partial charge is 0.242 e. The number of carbonyl (C=O) groups is 2. The Hall–Kier alpha value is -4.04. The van der Waals surface area contributed by atoms with Crippen molar-refractivity contribution in [3.05, 3.63) is 95.6 Å². The van der Waals surface area contributed by atoms with Gasteiger partial charge in [0.1, 0.15) is 18.1 Å². The Morgan fingerprint density at radius 2 is 1.67 bits per heavy atom. The number of hydrogen-bond acceptors (Lipinski definition) is 5. The summed E-state index contributed by atoms with van der Waals surface area (Å²) in [5.74, 6) is 2.14. The van der Waals surface area contributed by atoms with Crippen LogP contribution in [0.3, 0.4) is 0 Å². The molecule has 1 atom stereocenters. The van der Waals surface area contributed by atoms with E-state index in [1.165, 1.54) is 0 Å². The van der Waals surface area contributed by atoms with Crippen molar-refractivity contribution in [3.8, 4) is 22.7 Å². The highest BCUT2D eigenvalue weighted by Gasteiger charge is 2.38. The maximum Gasteiger partial charge on any atom is 0.242 e. The summed E-state index contributed by atoms with van der Waals surface area (Å²) >= 11 is 1.60. The second-order valence-corrected chi connectivity index (χ2v) is 12.2. The molecule has 0 radical (unpaired) electrons. The van der Waals surface area contributed by atoms with E-state index in [1.54, 1.807) is 23.8 Å². The van der Waals surface area contributed by atoms with Crippen molar-refractivity contribution < 1.29 is 14.3 Å². The molecule has 0 saturated carbocycles. The van der Waals surface area contributed by atoms with Gasteiger partial charge in [0.25, 0.3) is 0 Å². The SMILES string of the molecule is COc1ccc(-n2nc(-c3ccccc3)c3c2N(CC(=O)N2CCC(C)CC2)C(=O)CS[C@H]3c2ccccc2C)cc1. The van der Waals surface area contributed by atoms with E-state index in [4.69, 9.17) is 9.84 Å². The molecule has 216 valence electrons. The maximum absolute atomic E-state index is 14.0. The third kappa shape index (κ3) is 5.43. The number of hydrogen-bond donors (Lipinski definition) is 0. The van der Waals surface area contributed by atoms with Crippen LogP contribution < -0.4 is 9.64 Å². The molecule has 8 heteroatoms. The van der Waals surface area contributed by atoms with Crippen LogP contribution in [0.4, 0.5) is 5.82 Å². The molecule has 0 bridgehead atoms. The molecule has 4 aromatic rings. The van der Waals surface area contributed by atoms with E-state index < -0.39 is 0 Å². The predicted molar refractivity (Wildman–Crippen MR) is 168 cm³/mol. The number of amides is 2. The Labute approximate surface area is 251 Å². The number of methoxy groups -OCH3 is 1. The van der Waals surface area contributed by atoms with E-state index in [0.29, 0.717) is 11.7 Å². The molecule has 2 aliphatic heterocycles. The van der Waals surface area contributed by atoms with Crippen LogP contribution in [0.15, 0.2) is 78.9 Å². The molecule has 42 heavy (non-hydrogen) atoms. The summed E-state index contributed by atoms with van der Waals surface area (Å²) in [6.07, 6.45) is 1.97. The number of thioether (sulfide) groups is 1. The van der Waals surface area contributed by atoms with Gasteiger partial charge in [0.15, 0.2) is 0 Å². The van der Waals surface area contributed by atoms with E-state index >= 15 is 0 Å². The van der Waals surface area contributed by atoms with Crippen LogP contribution in [0, 0.1) is 12.8 Å². The molecule has 6 rings (SSSR count). The first-order valence-corrected chi connectivity index (χ1v) is 15.6. The Kier molecular flexibility index (Phi) is 8.07. The fourth-order valence-electron chi connectivity index (χ4n) is 5.85. The molecule has 2 aliphatic rings. The lowest BCUT2D eigenvalue weighted by Gasteiger charge is -2.32. The highest BCUT2D eigenvalue weighted by Crippen LogP contribution is 2.49. The van der Waals surface area contributed by atoms with Gasteiger partial charge in [-0.1, -0.05) is 61.5 Å². The summed E-state index contributed by atoms with van der Waals surface area (Å²) in [5.41, 5.74) is 5.80. The minimum absolute atomic E-state index is 0.0165. The molecular weight excluding hydrogens is 544 g/mol. The molecule has 2 amide bonds. The van der Waals surface area contributed by atoms with E-state index in [0.717, 1.165) is 65.3 Å². The Balaban J connectivity index is 1.56. The average molecular weight is 581 g/mol. The molecule has 0 aliphatic carbocycles. The second-order valence-electron chi connectivity index (χ2n) is 11.2. The molecule has 0 spiro atoms. The van der Waals surface area contributed by atoms with Crippen LogP contribution >= 0.6 is 11.8 Å². The molecule has 0 N–H and O–H groups in total. The van der Waals surface area contributed by atoms with Crippen LogP contribution in [0.5, 0.6) is 5.75 Å². The van der Waals surface area contributed by atoms with Gasteiger partial charge in [-0.25, -0.2) is 4.68 Å². The number of ether oxygens (including phenoxy) is 1. The van der Waals surface area contributed by atoms with Crippen molar-refractivity contribution in [1.29, 1.82) is 0 Å². The number of benzene rings is 3. The quantitative estimate of drug-likeness (QED) is 0.268. The number of likely N-dealkylation sites (tertiary alicyclic amines) is 1. The lowest BCUT2D eigenvalue weighted by atomic mass is 9.96. The van der Waals surface area contributed by atoms with Crippen molar-refractivity contribution in [2.75, 3.05) is 37.4 Å². The Bertz CT molecular complexity index is 1580. The summed E-state index contributed by atoms with van der Waals surface area (Å²) in [7, 11) is 1.64. The first-order chi connectivity index (χ1) is 20.4. The molecule has 3 heterocycles. The number of anilines is 1. The van der Waals surface area contributed by atoms with Gasteiger partial charge in [-0.15, -0.1) is 11.8 Å². The van der Waals surface area contributed by atoms with Crippen LogP contribution in [-0.2, 0) is 9.59 Å². The average Bonchev–Trinajstić information content (AvgIpc) is 3.35. The highest BCUT2D eigenvalue weighted by molar-refractivity contribution is 8.00. The summed E-state index contributed by atoms with van der Waals surface area (Å²) in [5, 5.41) is 5.04. The largest absolute Gasteiger partial charge is 0.497 e. The van der Waals surface area contributed by atoms with E-state index in [1.807, 2.05) is 64.2 Å². The number of fused-ring (bicyclic) bond motifs is 1. The van der Waals surface area contributed by atoms with Gasteiger partial charge in [0.05, 0.1) is 29.5 Å². The molecule has 1 fully saturated rings. The normalized spacial score (nSPS) is 17.6. The first-order valence-electron chi connectivity index (χ1n) is 14.5. The Morgan fingerprint density at radius 3 is 2.36 bits per heavy atom. The van der Waals surface area contributed by atoms with Gasteiger partial charge < -0.3 is 9.64 Å². The van der Waals surface area contributed by atoms with Crippen LogP contribution in [0.25, 0.3) is 16.9 Å². The predicted octanol–water partition coefficient (Wildman–Crippen LogP) is 6.28. The van der Waals surface area contributed by atoms with Crippen molar-refractivity contribution in [1.82, 2.24) is 14.7 Å². The number of nitrogens with zero attached hydrogens (tertiary/aromatic N) is 4. The topological polar surface area (TPSA) is 67.7 Å². The zero-order valence-corrected chi connectivity index (χ0v) is 25.1. The van der Waals surface area contributed by atoms with Crippen molar-refractivity contribution in [2.24, 2.45) is 5.92 Å². The van der Waals surface area contributed by atoms with Crippen molar-refractivity contribution in [3.63, 3.8) is 0 Å². The third-order valence-electron chi connectivity index (χ3n) is 8.35. The van der Waals surface area contributed by atoms with Gasteiger partial charge >= 0.3 is 0 Å². The number of rotatable bonds is 6. The van der Waals surface area contributed by atoms with E-state index in [9.17, 15) is 9.59 Å². The molecule has 0 unspecified atom stereocenters. The lowest BCUT2D eigenvalue weighted by Crippen LogP contribution is -2.46. The third-order valence-corrected chi connectivity index (χ3v) is 9.59. The van der Waals surface area contributed by atoms with E-state index in [2.05, 4.69) is 38.1 Å². The van der Waals surface area contributed by atoms with Gasteiger partial charge in [-0.05, 0) is 61.1 Å². The van der Waals surface area contributed by atoms with Gasteiger partial charge in [-0.3, -0.25) is 14.5 Å². The maximum atomic E-state index is 14.0. The molecular formula is C34H36N4O3S. The summed E-state index contributed by atoms with van der Waals surface area (Å²) in [6, 6.07) is 26.1. The van der Waals surface area contributed by atoms with Crippen LogP contribution in [-0.4, -0.2) is 59.0 Å². The van der Waals surface area contributed by atoms with Gasteiger partial charge in [-0.2, -0.15) is 5.10 Å². The second kappa shape index (κ2) is 12.1. The minimum Gasteiger partial charge on any atom is -0.497 e. The monoisotopic (exact) mass is 580 g/mol. The molecule has 1 aromatic heterocycles.